The van der Waals surface area contributed by atoms with Gasteiger partial charge in [-0.1, -0.05) is 146 Å². The van der Waals surface area contributed by atoms with E-state index in [9.17, 15) is 0 Å². The molecule has 0 bridgehead atoms. The fourth-order valence-electron chi connectivity index (χ4n) is 6.67. The van der Waals surface area contributed by atoms with Crippen LogP contribution < -0.4 is 0 Å². The molecule has 0 saturated carbocycles. The molecule has 0 radical (unpaired) electrons. The Morgan fingerprint density at radius 1 is 0.327 bits per heavy atom. The highest BCUT2D eigenvalue weighted by molar-refractivity contribution is 7.25. The number of rotatable bonds is 6. The van der Waals surface area contributed by atoms with Gasteiger partial charge < -0.3 is 0 Å². The molecule has 3 heteroatoms. The van der Waals surface area contributed by atoms with E-state index in [0.29, 0.717) is 0 Å². The van der Waals surface area contributed by atoms with Gasteiger partial charge in [-0.3, -0.25) is 0 Å². The molecule has 0 aliphatic rings. The standard InChI is InChI=1S/C46H30N2S/c1-4-14-31(15-5-1)34-20-12-21-35(26-34)36-22-13-23-37(27-36)44-43-41-24-10-11-25-42(41)49-46(43)48-45(47-44)40-29-38(32-16-6-2-7-17-32)28-39(30-40)33-18-8-3-9-19-33/h1-30H. The third kappa shape index (κ3) is 5.61. The molecule has 0 spiro atoms. The van der Waals surface area contributed by atoms with E-state index in [1.165, 1.54) is 26.8 Å². The van der Waals surface area contributed by atoms with E-state index < -0.39 is 0 Å². The van der Waals surface area contributed by atoms with Crippen molar-refractivity contribution in [1.82, 2.24) is 9.97 Å². The lowest BCUT2D eigenvalue weighted by atomic mass is 9.95. The zero-order chi connectivity index (χ0) is 32.6. The van der Waals surface area contributed by atoms with Gasteiger partial charge in [0.05, 0.1) is 5.69 Å². The SMILES string of the molecule is c1ccc(-c2cccc(-c3cccc(-c4nc(-c5cc(-c6ccccc6)cc(-c6ccccc6)c5)nc5sc6ccccc6c45)c3)c2)cc1. The molecule has 9 aromatic rings. The molecule has 0 N–H and O–H groups in total. The number of aromatic nitrogens is 2. The van der Waals surface area contributed by atoms with Crippen LogP contribution in [0.3, 0.4) is 0 Å². The lowest BCUT2D eigenvalue weighted by Gasteiger charge is -2.13. The van der Waals surface area contributed by atoms with Gasteiger partial charge in [0.15, 0.2) is 5.82 Å². The molecule has 0 fully saturated rings. The normalized spacial score (nSPS) is 11.3. The van der Waals surface area contributed by atoms with Crippen molar-refractivity contribution in [2.24, 2.45) is 0 Å². The van der Waals surface area contributed by atoms with Crippen molar-refractivity contribution in [2.75, 3.05) is 0 Å². The van der Waals surface area contributed by atoms with Gasteiger partial charge >= 0.3 is 0 Å². The fraction of sp³-hybridized carbons (Fsp3) is 0. The second-order valence-corrected chi connectivity index (χ2v) is 13.3. The van der Waals surface area contributed by atoms with Crippen LogP contribution in [-0.2, 0) is 0 Å². The van der Waals surface area contributed by atoms with Gasteiger partial charge in [0, 0.05) is 26.6 Å². The Hall–Kier alpha value is -6.16. The van der Waals surface area contributed by atoms with E-state index in [2.05, 4.69) is 182 Å². The number of fused-ring (bicyclic) bond motifs is 3. The van der Waals surface area contributed by atoms with Crippen LogP contribution in [0.15, 0.2) is 182 Å². The first-order chi connectivity index (χ1) is 24.3. The molecule has 0 amide bonds. The topological polar surface area (TPSA) is 25.8 Å². The minimum absolute atomic E-state index is 0.723. The van der Waals surface area contributed by atoms with E-state index >= 15 is 0 Å². The molecular weight excluding hydrogens is 613 g/mol. The van der Waals surface area contributed by atoms with E-state index in [-0.39, 0.29) is 0 Å². The fourth-order valence-corrected chi connectivity index (χ4v) is 7.74. The molecule has 0 aliphatic heterocycles. The average Bonchev–Trinajstić information content (AvgIpc) is 3.57. The molecule has 2 nitrogen and oxygen atoms in total. The van der Waals surface area contributed by atoms with Gasteiger partial charge in [0.1, 0.15) is 4.83 Å². The predicted octanol–water partition coefficient (Wildman–Crippen LogP) is 12.8. The van der Waals surface area contributed by atoms with Gasteiger partial charge in [-0.15, -0.1) is 11.3 Å². The Bertz CT molecular complexity index is 2530. The van der Waals surface area contributed by atoms with Gasteiger partial charge in [0.2, 0.25) is 0 Å². The highest BCUT2D eigenvalue weighted by Crippen LogP contribution is 2.41. The molecule has 2 aromatic heterocycles. The minimum atomic E-state index is 0.723. The Labute approximate surface area is 289 Å². The van der Waals surface area contributed by atoms with Gasteiger partial charge in [-0.05, 0) is 80.9 Å². The van der Waals surface area contributed by atoms with Crippen LogP contribution in [0.25, 0.3) is 87.5 Å². The van der Waals surface area contributed by atoms with Gasteiger partial charge in [-0.2, -0.15) is 0 Å². The van der Waals surface area contributed by atoms with Crippen LogP contribution in [0.2, 0.25) is 0 Å². The van der Waals surface area contributed by atoms with E-state index in [0.717, 1.165) is 60.7 Å². The summed E-state index contributed by atoms with van der Waals surface area (Å²) in [5.41, 5.74) is 12.3. The summed E-state index contributed by atoms with van der Waals surface area (Å²) in [6.45, 7) is 0. The van der Waals surface area contributed by atoms with Crippen LogP contribution in [-0.4, -0.2) is 9.97 Å². The maximum absolute atomic E-state index is 5.43. The Kier molecular flexibility index (Phi) is 7.38. The molecule has 7 aromatic carbocycles. The maximum Gasteiger partial charge on any atom is 0.161 e. The number of thiophene rings is 1. The quantitative estimate of drug-likeness (QED) is 0.180. The van der Waals surface area contributed by atoms with Crippen molar-refractivity contribution in [3.63, 3.8) is 0 Å². The molecule has 49 heavy (non-hydrogen) atoms. The monoisotopic (exact) mass is 642 g/mol. The Morgan fingerprint density at radius 2 is 0.755 bits per heavy atom. The molecule has 230 valence electrons. The molecule has 0 aliphatic carbocycles. The van der Waals surface area contributed by atoms with Crippen molar-refractivity contribution in [2.45, 2.75) is 0 Å². The highest BCUT2D eigenvalue weighted by atomic mass is 32.1. The van der Waals surface area contributed by atoms with Crippen molar-refractivity contribution < 1.29 is 0 Å². The number of hydrogen-bond donors (Lipinski definition) is 0. The highest BCUT2D eigenvalue weighted by Gasteiger charge is 2.18. The van der Waals surface area contributed by atoms with Gasteiger partial charge in [0.25, 0.3) is 0 Å². The lowest BCUT2D eigenvalue weighted by molar-refractivity contribution is 1.24. The molecular formula is C46H30N2S. The van der Waals surface area contributed by atoms with E-state index in [4.69, 9.17) is 9.97 Å². The zero-order valence-corrected chi connectivity index (χ0v) is 27.4. The van der Waals surface area contributed by atoms with Crippen LogP contribution >= 0.6 is 11.3 Å². The minimum Gasteiger partial charge on any atom is -0.227 e. The first kappa shape index (κ1) is 29.0. The summed E-state index contributed by atoms with van der Waals surface area (Å²) in [6.07, 6.45) is 0. The number of hydrogen-bond acceptors (Lipinski definition) is 3. The van der Waals surface area contributed by atoms with Crippen LogP contribution in [0.5, 0.6) is 0 Å². The van der Waals surface area contributed by atoms with Crippen LogP contribution in [0.1, 0.15) is 0 Å². The first-order valence-electron chi connectivity index (χ1n) is 16.5. The lowest BCUT2D eigenvalue weighted by Crippen LogP contribution is -1.95. The Balaban J connectivity index is 1.24. The van der Waals surface area contributed by atoms with E-state index in [1.54, 1.807) is 11.3 Å². The average molecular weight is 643 g/mol. The van der Waals surface area contributed by atoms with Crippen molar-refractivity contribution in [1.29, 1.82) is 0 Å². The summed E-state index contributed by atoms with van der Waals surface area (Å²) in [5, 5.41) is 2.28. The summed E-state index contributed by atoms with van der Waals surface area (Å²) in [6, 6.07) is 64.5. The molecule has 9 rings (SSSR count). The second kappa shape index (κ2) is 12.5. The smallest absolute Gasteiger partial charge is 0.161 e. The van der Waals surface area contributed by atoms with Crippen molar-refractivity contribution in [3.8, 4) is 67.2 Å². The molecule has 0 atom stereocenters. The number of nitrogens with zero attached hydrogens (tertiary/aromatic N) is 2. The number of benzene rings is 7. The van der Waals surface area contributed by atoms with Crippen LogP contribution in [0, 0.1) is 0 Å². The largest absolute Gasteiger partial charge is 0.227 e. The van der Waals surface area contributed by atoms with E-state index in [1.807, 2.05) is 0 Å². The summed E-state index contributed by atoms with van der Waals surface area (Å²) >= 11 is 1.73. The molecule has 0 unspecified atom stereocenters. The zero-order valence-electron chi connectivity index (χ0n) is 26.6. The van der Waals surface area contributed by atoms with Gasteiger partial charge in [-0.25, -0.2) is 9.97 Å². The van der Waals surface area contributed by atoms with Crippen molar-refractivity contribution in [3.05, 3.63) is 182 Å². The van der Waals surface area contributed by atoms with Crippen LogP contribution in [0.4, 0.5) is 0 Å². The summed E-state index contributed by atoms with van der Waals surface area (Å²) in [4.78, 5) is 11.7. The second-order valence-electron chi connectivity index (χ2n) is 12.2. The Morgan fingerprint density at radius 3 is 1.37 bits per heavy atom. The maximum atomic E-state index is 5.43. The summed E-state index contributed by atoms with van der Waals surface area (Å²) < 4.78 is 1.21. The molecule has 2 heterocycles. The predicted molar refractivity (Wildman–Crippen MR) is 208 cm³/mol. The first-order valence-corrected chi connectivity index (χ1v) is 17.3. The molecule has 0 saturated heterocycles. The third-order valence-corrected chi connectivity index (χ3v) is 10.1. The summed E-state index contributed by atoms with van der Waals surface area (Å²) in [7, 11) is 0. The third-order valence-electron chi connectivity index (χ3n) is 9.08. The summed E-state index contributed by atoms with van der Waals surface area (Å²) in [5.74, 6) is 0.723. The van der Waals surface area contributed by atoms with Crippen molar-refractivity contribution >= 4 is 31.6 Å².